The van der Waals surface area contributed by atoms with Crippen LogP contribution in [0.2, 0.25) is 5.02 Å². The second kappa shape index (κ2) is 10.5. The van der Waals surface area contributed by atoms with Gasteiger partial charge in [-0.3, -0.25) is 4.79 Å². The van der Waals surface area contributed by atoms with Crippen LogP contribution in [0.1, 0.15) is 30.1 Å². The fourth-order valence-electron chi connectivity index (χ4n) is 1.94. The van der Waals surface area contributed by atoms with Gasteiger partial charge in [-0.25, -0.2) is 0 Å². The van der Waals surface area contributed by atoms with Crippen LogP contribution in [0.15, 0.2) is 12.1 Å². The summed E-state index contributed by atoms with van der Waals surface area (Å²) in [5.74, 6) is 0.306. The number of unbranched alkanes of at least 4 members (excludes halogenated alkanes) is 1. The van der Waals surface area contributed by atoms with Crippen molar-refractivity contribution in [2.45, 2.75) is 19.8 Å². The largest absolute Gasteiger partial charge is 0.496 e. The smallest absolute Gasteiger partial charge is 0.257 e. The Morgan fingerprint density at radius 1 is 1.32 bits per heavy atom. The predicted molar refractivity (Wildman–Crippen MR) is 92.4 cm³/mol. The maximum absolute atomic E-state index is 12.7. The molecule has 0 saturated heterocycles. The first-order chi connectivity index (χ1) is 10.0. The number of carbonyl (C=O) groups is 1. The predicted octanol–water partition coefficient (Wildman–Crippen LogP) is 3.24. The highest BCUT2D eigenvalue weighted by Gasteiger charge is 2.20. The Labute approximate surface area is 143 Å². The molecular formula is C15H24Cl2N2O3. The van der Waals surface area contributed by atoms with Gasteiger partial charge in [-0.05, 0) is 12.5 Å². The van der Waals surface area contributed by atoms with Crippen LogP contribution >= 0.6 is 24.0 Å². The summed E-state index contributed by atoms with van der Waals surface area (Å²) in [5, 5.41) is 0.348. The zero-order valence-electron chi connectivity index (χ0n) is 13.2. The summed E-state index contributed by atoms with van der Waals surface area (Å²) < 4.78 is 10.3. The molecule has 0 spiro atoms. The lowest BCUT2D eigenvalue weighted by Crippen LogP contribution is -2.35. The second-order valence-corrected chi connectivity index (χ2v) is 5.12. The van der Waals surface area contributed by atoms with Crippen LogP contribution in [0.25, 0.3) is 0 Å². The van der Waals surface area contributed by atoms with E-state index in [-0.39, 0.29) is 18.3 Å². The summed E-state index contributed by atoms with van der Waals surface area (Å²) in [6.07, 6.45) is 1.94. The Morgan fingerprint density at radius 3 is 2.55 bits per heavy atom. The van der Waals surface area contributed by atoms with Crippen LogP contribution in [0.5, 0.6) is 5.75 Å². The van der Waals surface area contributed by atoms with Crippen molar-refractivity contribution in [1.82, 2.24) is 4.90 Å². The van der Waals surface area contributed by atoms with Crippen molar-refractivity contribution in [3.8, 4) is 5.75 Å². The molecular weight excluding hydrogens is 327 g/mol. The van der Waals surface area contributed by atoms with Gasteiger partial charge in [0, 0.05) is 26.3 Å². The van der Waals surface area contributed by atoms with Crippen LogP contribution in [0, 0.1) is 0 Å². The Bertz CT molecular complexity index is 476. The summed E-state index contributed by atoms with van der Waals surface area (Å²) in [4.78, 5) is 14.4. The highest BCUT2D eigenvalue weighted by Crippen LogP contribution is 2.29. The van der Waals surface area contributed by atoms with E-state index in [1.54, 1.807) is 24.1 Å². The average molecular weight is 351 g/mol. The molecule has 1 amide bonds. The molecule has 0 saturated carbocycles. The number of nitrogens with two attached hydrogens (primary N) is 1. The van der Waals surface area contributed by atoms with Crippen molar-refractivity contribution in [1.29, 1.82) is 0 Å². The van der Waals surface area contributed by atoms with Crippen LogP contribution in [0.4, 0.5) is 5.69 Å². The molecule has 0 aromatic heterocycles. The van der Waals surface area contributed by atoms with Gasteiger partial charge in [0.25, 0.3) is 5.91 Å². The summed E-state index contributed by atoms with van der Waals surface area (Å²) in [5.41, 5.74) is 6.56. The third-order valence-electron chi connectivity index (χ3n) is 3.18. The highest BCUT2D eigenvalue weighted by molar-refractivity contribution is 6.33. The quantitative estimate of drug-likeness (QED) is 0.731. The number of anilines is 1. The molecule has 0 bridgehead atoms. The highest BCUT2D eigenvalue weighted by atomic mass is 35.5. The number of methoxy groups -OCH3 is 2. The van der Waals surface area contributed by atoms with Crippen LogP contribution < -0.4 is 10.5 Å². The molecule has 1 rings (SSSR count). The third-order valence-corrected chi connectivity index (χ3v) is 3.51. The maximum atomic E-state index is 12.7. The van der Waals surface area contributed by atoms with Crippen LogP contribution in [-0.4, -0.2) is 44.7 Å². The van der Waals surface area contributed by atoms with E-state index in [4.69, 9.17) is 26.8 Å². The van der Waals surface area contributed by atoms with Gasteiger partial charge in [-0.2, -0.15) is 0 Å². The Hall–Kier alpha value is -1.17. The van der Waals surface area contributed by atoms with Gasteiger partial charge in [0.15, 0.2) is 0 Å². The molecule has 0 aliphatic heterocycles. The summed E-state index contributed by atoms with van der Waals surface area (Å²) in [6.45, 7) is 3.77. The normalized spacial score (nSPS) is 10.0. The topological polar surface area (TPSA) is 64.8 Å². The van der Waals surface area contributed by atoms with Crippen LogP contribution in [-0.2, 0) is 4.74 Å². The van der Waals surface area contributed by atoms with Crippen molar-refractivity contribution in [3.63, 3.8) is 0 Å². The van der Waals surface area contributed by atoms with Crippen molar-refractivity contribution in [2.24, 2.45) is 0 Å². The number of ether oxygens (including phenoxy) is 2. The number of carbonyl (C=O) groups excluding carboxylic acids is 1. The molecule has 2 N–H and O–H groups in total. The van der Waals surface area contributed by atoms with Crippen molar-refractivity contribution < 1.29 is 14.3 Å². The molecule has 1 aromatic rings. The molecule has 22 heavy (non-hydrogen) atoms. The minimum atomic E-state index is -0.126. The molecule has 0 heterocycles. The maximum Gasteiger partial charge on any atom is 0.257 e. The Morgan fingerprint density at radius 2 is 2.00 bits per heavy atom. The lowest BCUT2D eigenvalue weighted by molar-refractivity contribution is 0.0689. The van der Waals surface area contributed by atoms with E-state index in [2.05, 4.69) is 6.92 Å². The van der Waals surface area contributed by atoms with Crippen LogP contribution in [0.3, 0.4) is 0 Å². The molecule has 0 aliphatic carbocycles. The number of nitrogen functional groups attached to an aromatic ring is 1. The number of rotatable bonds is 8. The van der Waals surface area contributed by atoms with E-state index < -0.39 is 0 Å². The summed E-state index contributed by atoms with van der Waals surface area (Å²) >= 11 is 6.02. The third kappa shape index (κ3) is 5.55. The minimum Gasteiger partial charge on any atom is -0.496 e. The number of halogens is 2. The van der Waals surface area contributed by atoms with Gasteiger partial charge in [0.1, 0.15) is 5.75 Å². The molecule has 0 radical (unpaired) electrons. The molecule has 0 aliphatic rings. The standard InChI is InChI=1S/C15H23ClN2O3.ClH/c1-4-5-6-18(7-8-20-2)15(19)11-9-12(16)13(17)10-14(11)21-3;/h9-10H,4-8,17H2,1-3H3;1H. The average Bonchev–Trinajstić information content (AvgIpc) is 2.49. The van der Waals surface area contributed by atoms with E-state index in [1.807, 2.05) is 0 Å². The first kappa shape index (κ1) is 20.8. The van der Waals surface area contributed by atoms with Gasteiger partial charge >= 0.3 is 0 Å². The number of amides is 1. The number of hydrogen-bond donors (Lipinski definition) is 1. The van der Waals surface area contributed by atoms with Gasteiger partial charge in [-0.1, -0.05) is 24.9 Å². The molecule has 5 nitrogen and oxygen atoms in total. The van der Waals surface area contributed by atoms with E-state index in [1.165, 1.54) is 7.11 Å². The van der Waals surface area contributed by atoms with Gasteiger partial charge in [0.05, 0.1) is 30.0 Å². The Balaban J connectivity index is 0.00000441. The number of benzene rings is 1. The van der Waals surface area contributed by atoms with E-state index >= 15 is 0 Å². The number of hydrogen-bond acceptors (Lipinski definition) is 4. The zero-order valence-corrected chi connectivity index (χ0v) is 14.8. The fraction of sp³-hybridized carbons (Fsp3) is 0.533. The van der Waals surface area contributed by atoms with E-state index in [0.717, 1.165) is 12.8 Å². The summed E-state index contributed by atoms with van der Waals surface area (Å²) in [7, 11) is 3.12. The van der Waals surface area contributed by atoms with E-state index in [0.29, 0.717) is 41.7 Å². The second-order valence-electron chi connectivity index (χ2n) is 4.71. The molecule has 0 fully saturated rings. The van der Waals surface area contributed by atoms with Gasteiger partial charge in [0.2, 0.25) is 0 Å². The zero-order chi connectivity index (χ0) is 15.8. The molecule has 126 valence electrons. The fourth-order valence-corrected chi connectivity index (χ4v) is 2.10. The van der Waals surface area contributed by atoms with Gasteiger partial charge < -0.3 is 20.1 Å². The number of nitrogens with zero attached hydrogens (tertiary/aromatic N) is 1. The van der Waals surface area contributed by atoms with Gasteiger partial charge in [-0.15, -0.1) is 12.4 Å². The molecule has 7 heteroatoms. The SMILES string of the molecule is CCCCN(CCOC)C(=O)c1cc(Cl)c(N)cc1OC.Cl. The lowest BCUT2D eigenvalue weighted by Gasteiger charge is -2.23. The van der Waals surface area contributed by atoms with Crippen molar-refractivity contribution >= 4 is 35.6 Å². The summed E-state index contributed by atoms with van der Waals surface area (Å²) in [6, 6.07) is 3.13. The van der Waals surface area contributed by atoms with Crippen molar-refractivity contribution in [3.05, 3.63) is 22.7 Å². The minimum absolute atomic E-state index is 0. The first-order valence-electron chi connectivity index (χ1n) is 6.96. The molecule has 0 atom stereocenters. The first-order valence-corrected chi connectivity index (χ1v) is 7.34. The Kier molecular flexibility index (Phi) is 9.98. The van der Waals surface area contributed by atoms with E-state index in [9.17, 15) is 4.79 Å². The monoisotopic (exact) mass is 350 g/mol. The van der Waals surface area contributed by atoms with Crippen molar-refractivity contribution in [2.75, 3.05) is 39.6 Å². The molecule has 0 unspecified atom stereocenters. The lowest BCUT2D eigenvalue weighted by atomic mass is 10.1. The molecule has 1 aromatic carbocycles.